The highest BCUT2D eigenvalue weighted by Gasteiger charge is 2.33. The lowest BCUT2D eigenvalue weighted by Crippen LogP contribution is -2.43. The molecule has 0 aromatic carbocycles. The minimum atomic E-state index is 0. The number of hydrogen-bond donors (Lipinski definition) is 2. The largest absolute Gasteiger partial charge is 0.481 e. The molecule has 2 rings (SSSR count). The van der Waals surface area contributed by atoms with Crippen LogP contribution in [0.25, 0.3) is 0 Å². The average Bonchev–Trinajstić information content (AvgIpc) is 3.12. The van der Waals surface area contributed by atoms with Crippen LogP contribution in [0, 0.1) is 5.41 Å². The fraction of sp³-hybridized carbons (Fsp3) is 0.684. The molecule has 1 aromatic rings. The Kier molecular flexibility index (Phi) is 10.9. The molecule has 0 radical (unpaired) electrons. The molecule has 0 atom stereocenters. The third-order valence-electron chi connectivity index (χ3n) is 4.90. The lowest BCUT2D eigenvalue weighted by Gasteiger charge is -2.30. The van der Waals surface area contributed by atoms with E-state index in [0.717, 1.165) is 37.6 Å². The number of aliphatic imine (C=N–C) groups is 1. The van der Waals surface area contributed by atoms with Crippen LogP contribution in [0.5, 0.6) is 5.88 Å². The van der Waals surface area contributed by atoms with Gasteiger partial charge in [-0.3, -0.25) is 0 Å². The summed E-state index contributed by atoms with van der Waals surface area (Å²) in [5.74, 6) is 1.49. The van der Waals surface area contributed by atoms with E-state index in [2.05, 4.69) is 22.5 Å². The van der Waals surface area contributed by atoms with Gasteiger partial charge in [-0.15, -0.1) is 24.0 Å². The smallest absolute Gasteiger partial charge is 0.212 e. The summed E-state index contributed by atoms with van der Waals surface area (Å²) in [7, 11) is 3.40. The number of ether oxygens (including phenoxy) is 2. The van der Waals surface area contributed by atoms with Gasteiger partial charge in [0.1, 0.15) is 0 Å². The van der Waals surface area contributed by atoms with E-state index in [1.807, 2.05) is 18.3 Å². The predicted octanol–water partition coefficient (Wildman–Crippen LogP) is 3.36. The Morgan fingerprint density at radius 3 is 2.58 bits per heavy atom. The normalized spacial score (nSPS) is 16.0. The van der Waals surface area contributed by atoms with E-state index >= 15 is 0 Å². The van der Waals surface area contributed by atoms with Crippen LogP contribution in [0.3, 0.4) is 0 Å². The van der Waals surface area contributed by atoms with Gasteiger partial charge in [0.25, 0.3) is 0 Å². The maximum absolute atomic E-state index is 5.32. The topological polar surface area (TPSA) is 67.8 Å². The second-order valence-electron chi connectivity index (χ2n) is 6.71. The van der Waals surface area contributed by atoms with Crippen LogP contribution >= 0.6 is 24.0 Å². The molecule has 0 amide bonds. The molecule has 1 heterocycles. The second kappa shape index (κ2) is 12.3. The van der Waals surface area contributed by atoms with Crippen molar-refractivity contribution in [3.63, 3.8) is 0 Å². The molecular formula is C19H33IN4O2. The number of guanidine groups is 1. The average molecular weight is 476 g/mol. The monoisotopic (exact) mass is 476 g/mol. The summed E-state index contributed by atoms with van der Waals surface area (Å²) in [6.45, 7) is 5.30. The van der Waals surface area contributed by atoms with E-state index < -0.39 is 0 Å². The molecule has 148 valence electrons. The maximum atomic E-state index is 5.32. The van der Waals surface area contributed by atoms with Gasteiger partial charge in [0, 0.05) is 39.1 Å². The summed E-state index contributed by atoms with van der Waals surface area (Å²) < 4.78 is 10.4. The van der Waals surface area contributed by atoms with Gasteiger partial charge in [0.15, 0.2) is 5.96 Å². The van der Waals surface area contributed by atoms with Crippen molar-refractivity contribution in [2.45, 2.75) is 45.6 Å². The molecule has 0 bridgehead atoms. The van der Waals surface area contributed by atoms with Gasteiger partial charge in [0.2, 0.25) is 5.88 Å². The van der Waals surface area contributed by atoms with Gasteiger partial charge in [0.05, 0.1) is 13.7 Å². The molecule has 1 saturated carbocycles. The first-order valence-electron chi connectivity index (χ1n) is 9.21. The summed E-state index contributed by atoms with van der Waals surface area (Å²) in [5.41, 5.74) is 1.40. The molecule has 26 heavy (non-hydrogen) atoms. The van der Waals surface area contributed by atoms with Crippen molar-refractivity contribution < 1.29 is 9.47 Å². The second-order valence-corrected chi connectivity index (χ2v) is 6.71. The Balaban J connectivity index is 0.00000338. The third kappa shape index (κ3) is 7.26. The van der Waals surface area contributed by atoms with Crippen molar-refractivity contribution >= 4 is 29.9 Å². The van der Waals surface area contributed by atoms with Crippen LogP contribution < -0.4 is 15.4 Å². The third-order valence-corrected chi connectivity index (χ3v) is 4.90. The molecule has 2 N–H and O–H groups in total. The van der Waals surface area contributed by atoms with Crippen molar-refractivity contribution in [1.29, 1.82) is 0 Å². The van der Waals surface area contributed by atoms with Gasteiger partial charge in [-0.05, 0) is 37.2 Å². The predicted molar refractivity (Wildman–Crippen MR) is 116 cm³/mol. The maximum Gasteiger partial charge on any atom is 0.212 e. The van der Waals surface area contributed by atoms with Crippen LogP contribution in [0.1, 0.15) is 44.6 Å². The summed E-state index contributed by atoms with van der Waals surface area (Å²) in [6.07, 6.45) is 8.09. The van der Waals surface area contributed by atoms with E-state index in [4.69, 9.17) is 14.5 Å². The number of methoxy groups -OCH3 is 2. The minimum absolute atomic E-state index is 0. The standard InChI is InChI=1S/C19H32N4O2.HI/c1-4-20-18(22-14-16-7-8-17(25-3)21-13-16)23-15-19(11-12-24-2)9-5-6-10-19;/h7-8,13H,4-6,9-12,14-15H2,1-3H3,(H2,20,22,23);1H. The first-order chi connectivity index (χ1) is 12.2. The van der Waals surface area contributed by atoms with Gasteiger partial charge in [-0.2, -0.15) is 0 Å². The lowest BCUT2D eigenvalue weighted by atomic mass is 9.83. The van der Waals surface area contributed by atoms with Gasteiger partial charge in [-0.25, -0.2) is 9.98 Å². The molecule has 0 unspecified atom stereocenters. The van der Waals surface area contributed by atoms with E-state index in [9.17, 15) is 0 Å². The zero-order valence-corrected chi connectivity index (χ0v) is 18.5. The summed E-state index contributed by atoms with van der Waals surface area (Å²) in [4.78, 5) is 8.92. The van der Waals surface area contributed by atoms with Gasteiger partial charge in [-0.1, -0.05) is 18.9 Å². The SMILES string of the molecule is CCNC(=NCc1ccc(OC)nc1)NCC1(CCOC)CCCC1.I. The van der Waals surface area contributed by atoms with Crippen LogP contribution in [0.4, 0.5) is 0 Å². The summed E-state index contributed by atoms with van der Waals surface area (Å²) >= 11 is 0. The van der Waals surface area contributed by atoms with Crippen LogP contribution in [-0.4, -0.2) is 44.9 Å². The Hall–Kier alpha value is -1.09. The molecule has 0 spiro atoms. The van der Waals surface area contributed by atoms with Crippen LogP contribution in [0.2, 0.25) is 0 Å². The minimum Gasteiger partial charge on any atom is -0.481 e. The fourth-order valence-electron chi connectivity index (χ4n) is 3.37. The number of nitrogens with one attached hydrogen (secondary N) is 2. The van der Waals surface area contributed by atoms with Crippen molar-refractivity contribution in [3.05, 3.63) is 23.9 Å². The van der Waals surface area contributed by atoms with Crippen LogP contribution in [-0.2, 0) is 11.3 Å². The molecule has 1 aliphatic carbocycles. The highest BCUT2D eigenvalue weighted by molar-refractivity contribution is 14.0. The number of hydrogen-bond acceptors (Lipinski definition) is 4. The fourth-order valence-corrected chi connectivity index (χ4v) is 3.37. The molecule has 0 aliphatic heterocycles. The zero-order valence-electron chi connectivity index (χ0n) is 16.2. The quantitative estimate of drug-likeness (QED) is 0.325. The molecule has 6 nitrogen and oxygen atoms in total. The summed E-state index contributed by atoms with van der Waals surface area (Å²) in [5, 5.41) is 6.88. The number of nitrogens with zero attached hydrogens (tertiary/aromatic N) is 2. The molecule has 1 aromatic heterocycles. The van der Waals surface area contributed by atoms with Crippen molar-refractivity contribution in [2.75, 3.05) is 33.9 Å². The molecular weight excluding hydrogens is 443 g/mol. The number of halogens is 1. The number of aromatic nitrogens is 1. The highest BCUT2D eigenvalue weighted by Crippen LogP contribution is 2.40. The highest BCUT2D eigenvalue weighted by atomic mass is 127. The van der Waals surface area contributed by atoms with Gasteiger partial charge >= 0.3 is 0 Å². The molecule has 7 heteroatoms. The first-order valence-corrected chi connectivity index (χ1v) is 9.21. The van der Waals surface area contributed by atoms with Crippen LogP contribution in [0.15, 0.2) is 23.3 Å². The van der Waals surface area contributed by atoms with E-state index in [0.29, 0.717) is 17.8 Å². The molecule has 1 aliphatic rings. The zero-order chi connectivity index (χ0) is 18.0. The summed E-state index contributed by atoms with van der Waals surface area (Å²) in [6, 6.07) is 3.86. The first kappa shape index (κ1) is 23.0. The molecule has 0 saturated heterocycles. The van der Waals surface area contributed by atoms with Crippen molar-refractivity contribution in [3.8, 4) is 5.88 Å². The lowest BCUT2D eigenvalue weighted by molar-refractivity contribution is 0.138. The Morgan fingerprint density at radius 2 is 2.00 bits per heavy atom. The van der Waals surface area contributed by atoms with E-state index in [1.165, 1.54) is 25.7 Å². The Bertz CT molecular complexity index is 531. The van der Waals surface area contributed by atoms with E-state index in [-0.39, 0.29) is 24.0 Å². The van der Waals surface area contributed by atoms with E-state index in [1.54, 1.807) is 14.2 Å². The number of pyridine rings is 1. The number of rotatable bonds is 9. The van der Waals surface area contributed by atoms with Crippen molar-refractivity contribution in [2.24, 2.45) is 10.4 Å². The van der Waals surface area contributed by atoms with Gasteiger partial charge < -0.3 is 20.1 Å². The van der Waals surface area contributed by atoms with Crippen molar-refractivity contribution in [1.82, 2.24) is 15.6 Å². The Morgan fingerprint density at radius 1 is 1.23 bits per heavy atom. The molecule has 1 fully saturated rings. The Labute approximate surface area is 174 Å².